The Balaban J connectivity index is 1.28. The summed E-state index contributed by atoms with van der Waals surface area (Å²) in [6.07, 6.45) is 7.32. The van der Waals surface area contributed by atoms with Crippen molar-refractivity contribution in [1.82, 2.24) is 20.2 Å². The molecule has 2 fully saturated rings. The normalized spacial score (nSPS) is 20.8. The first kappa shape index (κ1) is 24.0. The lowest BCUT2D eigenvalue weighted by Gasteiger charge is -2.45. The molecule has 2 aromatic heterocycles. The van der Waals surface area contributed by atoms with Gasteiger partial charge in [0.25, 0.3) is 5.91 Å². The fourth-order valence-electron chi connectivity index (χ4n) is 4.81. The number of thiazole rings is 1. The highest BCUT2D eigenvalue weighted by atomic mass is 32.1. The molecule has 2 aliphatic heterocycles. The van der Waals surface area contributed by atoms with Crippen LogP contribution >= 0.6 is 11.3 Å². The zero-order valence-corrected chi connectivity index (χ0v) is 20.4. The molecule has 4 heterocycles. The van der Waals surface area contributed by atoms with E-state index in [1.54, 1.807) is 6.20 Å². The molecule has 1 N–H and O–H groups in total. The Hall–Kier alpha value is -2.13. The number of hydrogen-bond donors (Lipinski definition) is 1. The minimum atomic E-state index is -0.773. The second-order valence-corrected chi connectivity index (χ2v) is 11.2. The van der Waals surface area contributed by atoms with Crippen molar-refractivity contribution >= 4 is 22.4 Å². The Bertz CT molecular complexity index is 968. The van der Waals surface area contributed by atoms with Crippen LogP contribution < -0.4 is 10.2 Å². The van der Waals surface area contributed by atoms with Crippen LogP contribution in [0.25, 0.3) is 0 Å². The summed E-state index contributed by atoms with van der Waals surface area (Å²) < 4.78 is 26.7. The summed E-state index contributed by atoms with van der Waals surface area (Å²) >= 11 is 1.34. The third-order valence-corrected chi connectivity index (χ3v) is 8.00. The Morgan fingerprint density at radius 3 is 2.61 bits per heavy atom. The van der Waals surface area contributed by atoms with Crippen molar-refractivity contribution in [3.63, 3.8) is 0 Å². The van der Waals surface area contributed by atoms with Crippen LogP contribution in [-0.4, -0.2) is 53.0 Å². The van der Waals surface area contributed by atoms with E-state index in [-0.39, 0.29) is 18.1 Å². The van der Waals surface area contributed by atoms with Gasteiger partial charge in [-0.15, -0.1) is 0 Å². The molecule has 180 valence electrons. The van der Waals surface area contributed by atoms with Crippen molar-refractivity contribution in [2.75, 3.05) is 31.1 Å². The van der Waals surface area contributed by atoms with Crippen molar-refractivity contribution < 1.29 is 13.6 Å². The zero-order chi connectivity index (χ0) is 23.6. The Kier molecular flexibility index (Phi) is 7.28. The second kappa shape index (κ2) is 10.0. The summed E-state index contributed by atoms with van der Waals surface area (Å²) in [6, 6.07) is 1.38. The molecule has 4 rings (SSSR count). The lowest BCUT2D eigenvalue weighted by atomic mass is 9.76. The van der Waals surface area contributed by atoms with E-state index in [2.05, 4.69) is 45.9 Å². The van der Waals surface area contributed by atoms with Crippen LogP contribution in [0.5, 0.6) is 0 Å². The SMILES string of the molecule is CC(C)(C)C1CCCN(C2CCN(c3ncc(C(=O)NCc4ncc(F)cc4F)s3)CC2)C1. The van der Waals surface area contributed by atoms with E-state index < -0.39 is 11.6 Å². The van der Waals surface area contributed by atoms with E-state index in [0.717, 1.165) is 49.2 Å². The number of carbonyl (C=O) groups excluding carboxylic acids is 1. The van der Waals surface area contributed by atoms with Crippen LogP contribution in [0, 0.1) is 23.0 Å². The summed E-state index contributed by atoms with van der Waals surface area (Å²) in [5.41, 5.74) is 0.360. The number of piperidine rings is 2. The molecule has 0 spiro atoms. The number of pyridine rings is 1. The summed E-state index contributed by atoms with van der Waals surface area (Å²) in [4.78, 5) is 26.0. The maximum absolute atomic E-state index is 13.7. The molecule has 1 amide bonds. The van der Waals surface area contributed by atoms with Crippen molar-refractivity contribution in [3.05, 3.63) is 40.7 Å². The van der Waals surface area contributed by atoms with Crippen molar-refractivity contribution in [2.24, 2.45) is 11.3 Å². The predicted molar refractivity (Wildman–Crippen MR) is 126 cm³/mol. The molecule has 0 saturated carbocycles. The molecule has 0 bridgehead atoms. The maximum Gasteiger partial charge on any atom is 0.263 e. The Morgan fingerprint density at radius 1 is 1.15 bits per heavy atom. The number of anilines is 1. The standard InChI is InChI=1S/C24H33F2N5OS/c1-24(2,3)16-5-4-8-31(15-16)18-6-9-30(10-7-18)23-29-14-21(33-23)22(32)28-13-20-19(26)11-17(25)12-27-20/h11-12,14,16,18H,4-10,13,15H2,1-3H3,(H,28,32). The molecular formula is C24H33F2N5OS. The smallest absolute Gasteiger partial charge is 0.263 e. The van der Waals surface area contributed by atoms with Gasteiger partial charge >= 0.3 is 0 Å². The van der Waals surface area contributed by atoms with Crippen molar-refractivity contribution in [3.8, 4) is 0 Å². The minimum Gasteiger partial charge on any atom is -0.348 e. The highest BCUT2D eigenvalue weighted by molar-refractivity contribution is 7.17. The van der Waals surface area contributed by atoms with Crippen LogP contribution in [0.15, 0.2) is 18.5 Å². The Morgan fingerprint density at radius 2 is 1.91 bits per heavy atom. The van der Waals surface area contributed by atoms with Gasteiger partial charge in [-0.1, -0.05) is 32.1 Å². The largest absolute Gasteiger partial charge is 0.348 e. The fraction of sp³-hybridized carbons (Fsp3) is 0.625. The summed E-state index contributed by atoms with van der Waals surface area (Å²) in [5.74, 6) is -1.10. The number of rotatable bonds is 5. The first-order valence-corrected chi connectivity index (χ1v) is 12.6. The van der Waals surface area contributed by atoms with Gasteiger partial charge in [0.1, 0.15) is 16.5 Å². The fourth-order valence-corrected chi connectivity index (χ4v) is 5.69. The summed E-state index contributed by atoms with van der Waals surface area (Å²) in [7, 11) is 0. The molecule has 9 heteroatoms. The number of halogens is 2. The number of amides is 1. The number of nitrogens with one attached hydrogen (secondary N) is 1. The van der Waals surface area contributed by atoms with Crippen LogP contribution in [0.4, 0.5) is 13.9 Å². The minimum absolute atomic E-state index is 0.00275. The highest BCUT2D eigenvalue weighted by Crippen LogP contribution is 2.35. The second-order valence-electron chi connectivity index (χ2n) is 10.2. The molecule has 2 saturated heterocycles. The van der Waals surface area contributed by atoms with E-state index in [0.29, 0.717) is 16.3 Å². The third-order valence-electron chi connectivity index (χ3n) is 6.95. The molecule has 2 aromatic rings. The zero-order valence-electron chi connectivity index (χ0n) is 19.6. The number of likely N-dealkylation sites (tertiary alicyclic amines) is 1. The average molecular weight is 478 g/mol. The van der Waals surface area contributed by atoms with E-state index in [1.807, 2.05) is 0 Å². The monoisotopic (exact) mass is 477 g/mol. The molecule has 2 aliphatic rings. The van der Waals surface area contributed by atoms with Crippen LogP contribution in [0.1, 0.15) is 61.8 Å². The van der Waals surface area contributed by atoms with Crippen LogP contribution in [0.2, 0.25) is 0 Å². The van der Waals surface area contributed by atoms with Gasteiger partial charge < -0.3 is 10.2 Å². The third kappa shape index (κ3) is 5.87. The van der Waals surface area contributed by atoms with Gasteiger partial charge in [0, 0.05) is 31.7 Å². The van der Waals surface area contributed by atoms with E-state index in [1.165, 1.54) is 37.3 Å². The molecule has 0 aromatic carbocycles. The lowest BCUT2D eigenvalue weighted by molar-refractivity contribution is 0.0593. The van der Waals surface area contributed by atoms with Gasteiger partial charge in [0.2, 0.25) is 0 Å². The molecule has 1 unspecified atom stereocenters. The van der Waals surface area contributed by atoms with E-state index in [9.17, 15) is 13.6 Å². The van der Waals surface area contributed by atoms with Gasteiger partial charge in [0.15, 0.2) is 5.13 Å². The molecule has 6 nitrogen and oxygen atoms in total. The summed E-state index contributed by atoms with van der Waals surface area (Å²) in [6.45, 7) is 11.2. The van der Waals surface area contributed by atoms with Crippen molar-refractivity contribution in [2.45, 2.75) is 59.0 Å². The Labute approximate surface area is 198 Å². The van der Waals surface area contributed by atoms with E-state index >= 15 is 0 Å². The quantitative estimate of drug-likeness (QED) is 0.688. The molecular weight excluding hydrogens is 444 g/mol. The number of hydrogen-bond acceptors (Lipinski definition) is 6. The highest BCUT2D eigenvalue weighted by Gasteiger charge is 2.34. The average Bonchev–Trinajstić information content (AvgIpc) is 3.28. The van der Waals surface area contributed by atoms with Gasteiger partial charge in [0.05, 0.1) is 24.6 Å². The molecule has 0 radical (unpaired) electrons. The number of carbonyl (C=O) groups is 1. The summed E-state index contributed by atoms with van der Waals surface area (Å²) in [5, 5.41) is 3.48. The number of nitrogens with zero attached hydrogens (tertiary/aromatic N) is 4. The number of aromatic nitrogens is 2. The van der Waals surface area contributed by atoms with Gasteiger partial charge in [-0.25, -0.2) is 13.8 Å². The topological polar surface area (TPSA) is 61.4 Å². The van der Waals surface area contributed by atoms with Gasteiger partial charge in [-0.2, -0.15) is 0 Å². The first-order chi connectivity index (χ1) is 15.7. The molecule has 0 aliphatic carbocycles. The van der Waals surface area contributed by atoms with Crippen LogP contribution in [0.3, 0.4) is 0 Å². The predicted octanol–water partition coefficient (Wildman–Crippen LogP) is 4.47. The van der Waals surface area contributed by atoms with Gasteiger partial charge in [-0.05, 0) is 43.6 Å². The molecule has 33 heavy (non-hydrogen) atoms. The maximum atomic E-state index is 13.7. The molecule has 1 atom stereocenters. The van der Waals surface area contributed by atoms with Crippen LogP contribution in [-0.2, 0) is 6.54 Å². The first-order valence-electron chi connectivity index (χ1n) is 11.7. The van der Waals surface area contributed by atoms with Crippen molar-refractivity contribution in [1.29, 1.82) is 0 Å². The van der Waals surface area contributed by atoms with Gasteiger partial charge in [-0.3, -0.25) is 14.7 Å². The van der Waals surface area contributed by atoms with E-state index in [4.69, 9.17) is 0 Å². The lowest BCUT2D eigenvalue weighted by Crippen LogP contribution is -2.50.